The minimum absolute atomic E-state index is 0.175. The van der Waals surface area contributed by atoms with Crippen molar-refractivity contribution < 1.29 is 75.4 Å². The molecular formula is C14H9F15N2O2S3. The molecule has 4 nitrogen and oxygen atoms in total. The molecule has 0 radical (unpaired) electrons. The van der Waals surface area contributed by atoms with E-state index in [1.165, 1.54) is 0 Å². The van der Waals surface area contributed by atoms with Gasteiger partial charge < -0.3 is 4.74 Å². The molecule has 0 aliphatic heterocycles. The second-order valence-electron chi connectivity index (χ2n) is 6.50. The number of rotatable bonds is 11. The summed E-state index contributed by atoms with van der Waals surface area (Å²) in [6, 6.07) is 0. The molecule has 0 bridgehead atoms. The van der Waals surface area contributed by atoms with E-state index < -0.39 is 67.1 Å². The molecular weight excluding hydrogens is 609 g/mol. The topological polar surface area (TPSA) is 52.1 Å². The number of halogens is 15. The van der Waals surface area contributed by atoms with Gasteiger partial charge in [-0.05, 0) is 0 Å². The van der Waals surface area contributed by atoms with E-state index in [0.29, 0.717) is 0 Å². The third-order valence-corrected chi connectivity index (χ3v) is 6.29. The van der Waals surface area contributed by atoms with Gasteiger partial charge in [0, 0.05) is 5.75 Å². The van der Waals surface area contributed by atoms with Gasteiger partial charge in [0.1, 0.15) is 0 Å². The van der Waals surface area contributed by atoms with E-state index in [4.69, 9.17) is 0 Å². The zero-order valence-electron chi connectivity index (χ0n) is 16.5. The highest BCUT2D eigenvalue weighted by molar-refractivity contribution is 8.01. The van der Waals surface area contributed by atoms with Crippen LogP contribution in [0.15, 0.2) is 8.68 Å². The molecule has 1 heterocycles. The molecule has 0 aliphatic rings. The minimum atomic E-state index is -8.48. The van der Waals surface area contributed by atoms with Gasteiger partial charge in [-0.15, -0.1) is 22.8 Å². The SMILES string of the molecule is O=C(CCSc1nnc(S)s1)OCCC(F)(F)C(F)(F)C(F)(F)C(F)(F)C(F)(C(F)(F)F)C(F)(F)F. The number of hydrogen-bond donors (Lipinski definition) is 1. The predicted molar refractivity (Wildman–Crippen MR) is 93.8 cm³/mol. The smallest absolute Gasteiger partial charge is 0.438 e. The third kappa shape index (κ3) is 5.88. The monoisotopic (exact) mass is 618 g/mol. The first-order valence-corrected chi connectivity index (χ1v) is 10.8. The summed E-state index contributed by atoms with van der Waals surface area (Å²) < 4.78 is 201. The Bertz CT molecular complexity index is 902. The summed E-state index contributed by atoms with van der Waals surface area (Å²) in [5, 5.41) is 7.02. The molecule has 0 saturated carbocycles. The molecule has 0 saturated heterocycles. The van der Waals surface area contributed by atoms with E-state index >= 15 is 0 Å². The van der Waals surface area contributed by atoms with Gasteiger partial charge in [-0.2, -0.15) is 61.5 Å². The summed E-state index contributed by atoms with van der Waals surface area (Å²) in [4.78, 5) is 11.4. The summed E-state index contributed by atoms with van der Waals surface area (Å²) in [6.45, 7) is -1.91. The second kappa shape index (κ2) is 10.4. The Morgan fingerprint density at radius 3 is 1.72 bits per heavy atom. The van der Waals surface area contributed by atoms with Crippen molar-refractivity contribution in [2.24, 2.45) is 0 Å². The van der Waals surface area contributed by atoms with Crippen LogP contribution in [-0.2, 0) is 9.53 Å². The van der Waals surface area contributed by atoms with Crippen molar-refractivity contribution in [1.29, 1.82) is 0 Å². The van der Waals surface area contributed by atoms with Crippen molar-refractivity contribution in [2.45, 2.75) is 63.2 Å². The first-order chi connectivity index (χ1) is 15.9. The van der Waals surface area contributed by atoms with Crippen molar-refractivity contribution in [3.8, 4) is 0 Å². The first kappa shape index (κ1) is 32.7. The van der Waals surface area contributed by atoms with Gasteiger partial charge in [0.15, 0.2) is 8.68 Å². The number of nitrogens with zero attached hydrogens (tertiary/aromatic N) is 2. The summed E-state index contributed by atoms with van der Waals surface area (Å²) in [6.07, 6.45) is -19.4. The van der Waals surface area contributed by atoms with Crippen molar-refractivity contribution in [3.63, 3.8) is 0 Å². The number of thioether (sulfide) groups is 1. The van der Waals surface area contributed by atoms with Crippen LogP contribution in [0.3, 0.4) is 0 Å². The van der Waals surface area contributed by atoms with Gasteiger partial charge in [0.2, 0.25) is 0 Å². The number of carbonyl (C=O) groups is 1. The molecule has 1 aromatic heterocycles. The lowest BCUT2D eigenvalue weighted by Crippen LogP contribution is -2.75. The molecule has 36 heavy (non-hydrogen) atoms. The van der Waals surface area contributed by atoms with Gasteiger partial charge in [-0.1, -0.05) is 23.1 Å². The zero-order chi connectivity index (χ0) is 28.6. The largest absolute Gasteiger partial charge is 0.465 e. The van der Waals surface area contributed by atoms with Crippen LogP contribution in [0.25, 0.3) is 0 Å². The van der Waals surface area contributed by atoms with Gasteiger partial charge >= 0.3 is 47.7 Å². The number of ether oxygens (including phenoxy) is 1. The lowest BCUT2D eigenvalue weighted by Gasteiger charge is -2.43. The molecule has 0 aliphatic carbocycles. The first-order valence-electron chi connectivity index (χ1n) is 8.51. The third-order valence-electron chi connectivity index (χ3n) is 4.07. The fourth-order valence-electron chi connectivity index (χ4n) is 2.16. The maximum atomic E-state index is 13.7. The van der Waals surface area contributed by atoms with Gasteiger partial charge in [-0.3, -0.25) is 4.79 Å². The average molecular weight is 618 g/mol. The normalized spacial score (nSPS) is 14.8. The molecule has 1 aromatic rings. The summed E-state index contributed by atoms with van der Waals surface area (Å²) >= 11 is 5.61. The Labute approximate surface area is 203 Å². The standard InChI is InChI=1S/C14H9F15N2O2S3/c15-8(16,2-3-33-5(32)1-4-35-7-31-30-6(34)36-7)10(18,19)12(22,23)11(20,21)9(17,13(24,25)26)14(27,28)29/h1-4H2,(H,30,34). The number of thiol groups is 1. The van der Waals surface area contributed by atoms with Crippen LogP contribution in [-0.4, -0.2) is 70.2 Å². The van der Waals surface area contributed by atoms with Gasteiger partial charge in [-0.25, -0.2) is 4.39 Å². The van der Waals surface area contributed by atoms with E-state index in [1.807, 2.05) is 0 Å². The molecule has 0 N–H and O–H groups in total. The average Bonchev–Trinajstić information content (AvgIpc) is 3.09. The fourth-order valence-corrected chi connectivity index (χ4v) is 4.24. The molecule has 0 unspecified atom stereocenters. The lowest BCUT2D eigenvalue weighted by atomic mass is 9.85. The van der Waals surface area contributed by atoms with Crippen LogP contribution in [0, 0.1) is 0 Å². The van der Waals surface area contributed by atoms with E-state index in [2.05, 4.69) is 27.6 Å². The van der Waals surface area contributed by atoms with Crippen molar-refractivity contribution >= 4 is 41.7 Å². The maximum Gasteiger partial charge on any atom is 0.438 e. The van der Waals surface area contributed by atoms with Crippen LogP contribution in [0.2, 0.25) is 0 Å². The molecule has 1 rings (SSSR count). The summed E-state index contributed by atoms with van der Waals surface area (Å²) in [7, 11) is 0. The second-order valence-corrected chi connectivity index (χ2v) is 9.55. The van der Waals surface area contributed by atoms with Crippen molar-refractivity contribution in [2.75, 3.05) is 12.4 Å². The highest BCUT2D eigenvalue weighted by Crippen LogP contribution is 2.64. The van der Waals surface area contributed by atoms with Crippen molar-refractivity contribution in [1.82, 2.24) is 10.2 Å². The molecule has 0 amide bonds. The Hall–Kier alpha value is -1.32. The molecule has 22 heteroatoms. The van der Waals surface area contributed by atoms with Crippen LogP contribution < -0.4 is 0 Å². The zero-order valence-corrected chi connectivity index (χ0v) is 19.0. The molecule has 0 fully saturated rings. The van der Waals surface area contributed by atoms with Gasteiger partial charge in [0.05, 0.1) is 19.4 Å². The lowest BCUT2D eigenvalue weighted by molar-refractivity contribution is -0.457. The summed E-state index contributed by atoms with van der Waals surface area (Å²) in [5.41, 5.74) is -8.35. The van der Waals surface area contributed by atoms with Crippen LogP contribution in [0.4, 0.5) is 65.9 Å². The molecule has 0 aromatic carbocycles. The Kier molecular flexibility index (Phi) is 9.49. The van der Waals surface area contributed by atoms with E-state index in [0.717, 1.165) is 23.1 Å². The van der Waals surface area contributed by atoms with Gasteiger partial charge in [0.25, 0.3) is 0 Å². The fraction of sp³-hybridized carbons (Fsp3) is 0.786. The predicted octanol–water partition coefficient (Wildman–Crippen LogP) is 6.62. The van der Waals surface area contributed by atoms with Crippen LogP contribution >= 0.6 is 35.7 Å². The number of aromatic nitrogens is 2. The number of hydrogen-bond acceptors (Lipinski definition) is 7. The maximum absolute atomic E-state index is 13.7. The molecule has 210 valence electrons. The highest BCUT2D eigenvalue weighted by Gasteiger charge is 2.95. The Morgan fingerprint density at radius 1 is 0.806 bits per heavy atom. The molecule has 0 atom stereocenters. The van der Waals surface area contributed by atoms with Crippen LogP contribution in [0.5, 0.6) is 0 Å². The summed E-state index contributed by atoms with van der Waals surface area (Å²) in [5.74, 6) is -32.5. The highest BCUT2D eigenvalue weighted by atomic mass is 32.2. The van der Waals surface area contributed by atoms with E-state index in [-0.39, 0.29) is 14.4 Å². The minimum Gasteiger partial charge on any atom is -0.465 e. The Morgan fingerprint density at radius 2 is 1.31 bits per heavy atom. The van der Waals surface area contributed by atoms with Crippen molar-refractivity contribution in [3.05, 3.63) is 0 Å². The van der Waals surface area contributed by atoms with E-state index in [1.54, 1.807) is 0 Å². The van der Waals surface area contributed by atoms with E-state index in [9.17, 15) is 70.7 Å². The van der Waals surface area contributed by atoms with Crippen LogP contribution in [0.1, 0.15) is 12.8 Å². The number of esters is 1. The molecule has 0 spiro atoms. The number of carbonyl (C=O) groups excluding carboxylic acids is 1. The Balaban J connectivity index is 2.98. The number of alkyl halides is 15. The quantitative estimate of drug-likeness (QED) is 0.131.